The molecule has 11 nitrogen and oxygen atoms in total. The van der Waals surface area contributed by atoms with Crippen LogP contribution in [0.1, 0.15) is 51.0 Å². The maximum Gasteiger partial charge on any atom is 0.327 e. The molecule has 2 heterocycles. The fourth-order valence-electron chi connectivity index (χ4n) is 3.94. The number of ether oxygens (including phenoxy) is 2. The summed E-state index contributed by atoms with van der Waals surface area (Å²) in [6, 6.07) is 7.13. The number of H-pyrrole nitrogens is 1. The van der Waals surface area contributed by atoms with Crippen molar-refractivity contribution >= 4 is 16.9 Å². The Morgan fingerprint density at radius 1 is 1.24 bits per heavy atom. The average Bonchev–Trinajstić information content (AvgIpc) is 3.26. The van der Waals surface area contributed by atoms with Crippen molar-refractivity contribution in [2.75, 3.05) is 26.4 Å². The summed E-state index contributed by atoms with van der Waals surface area (Å²) >= 11 is 0. The summed E-state index contributed by atoms with van der Waals surface area (Å²) < 4.78 is 12.1. The van der Waals surface area contributed by atoms with Crippen molar-refractivity contribution in [3.63, 3.8) is 0 Å². The van der Waals surface area contributed by atoms with E-state index in [2.05, 4.69) is 20.5 Å². The maximum absolute atomic E-state index is 12.9. The minimum Gasteiger partial charge on any atom is -0.494 e. The number of aromatic nitrogens is 5. The van der Waals surface area contributed by atoms with Crippen molar-refractivity contribution in [1.29, 1.82) is 0 Å². The molecule has 0 spiro atoms. The zero-order chi connectivity index (χ0) is 24.5. The smallest absolute Gasteiger partial charge is 0.327 e. The van der Waals surface area contributed by atoms with Gasteiger partial charge in [0.05, 0.1) is 19.3 Å². The molecule has 0 fully saturated rings. The Kier molecular flexibility index (Phi) is 9.11. The summed E-state index contributed by atoms with van der Waals surface area (Å²) in [4.78, 5) is 29.9. The lowest BCUT2D eigenvalue weighted by atomic mass is 10.1. The number of nitrogens with one attached hydrogen (secondary N) is 1. The number of hydrogen-bond donors (Lipinski definition) is 2. The van der Waals surface area contributed by atoms with Gasteiger partial charge in [-0.3, -0.25) is 14.5 Å². The van der Waals surface area contributed by atoms with Gasteiger partial charge in [-0.2, -0.15) is 0 Å². The number of nitrogens with zero attached hydrogens (tertiary/aromatic N) is 5. The van der Waals surface area contributed by atoms with Gasteiger partial charge in [-0.1, -0.05) is 6.92 Å². The maximum atomic E-state index is 12.9. The van der Waals surface area contributed by atoms with E-state index in [4.69, 9.17) is 9.47 Å². The molecular formula is C23H32N6O5. The average molecular weight is 473 g/mol. The molecule has 11 heteroatoms. The third kappa shape index (κ3) is 6.17. The molecule has 3 aromatic rings. The van der Waals surface area contributed by atoms with Crippen LogP contribution in [0.2, 0.25) is 0 Å². The number of hydrogen-bond acceptors (Lipinski definition) is 9. The highest BCUT2D eigenvalue weighted by atomic mass is 16.5. The first-order valence-corrected chi connectivity index (χ1v) is 11.6. The first kappa shape index (κ1) is 25.3. The molecule has 2 aromatic heterocycles. The Morgan fingerprint density at radius 3 is 2.76 bits per heavy atom. The molecular weight excluding hydrogens is 440 g/mol. The third-order valence-corrected chi connectivity index (χ3v) is 5.45. The number of aromatic amines is 1. The van der Waals surface area contributed by atoms with Crippen LogP contribution in [-0.2, 0) is 22.6 Å². The molecule has 2 N–H and O–H groups in total. The number of carbonyl (C=O) groups is 1. The van der Waals surface area contributed by atoms with Crippen LogP contribution >= 0.6 is 0 Å². The van der Waals surface area contributed by atoms with E-state index < -0.39 is 5.97 Å². The van der Waals surface area contributed by atoms with Crippen LogP contribution in [0.15, 0.2) is 29.1 Å². The minimum atomic E-state index is -0.427. The Labute approximate surface area is 197 Å². The van der Waals surface area contributed by atoms with E-state index in [1.165, 1.54) is 4.68 Å². The second-order valence-electron chi connectivity index (χ2n) is 7.78. The lowest BCUT2D eigenvalue weighted by Crippen LogP contribution is -2.34. The van der Waals surface area contributed by atoms with E-state index >= 15 is 0 Å². The SMILES string of the molecule is CCOC(=O)Cn1nnnc1C(CC)N(CCCO)Cc1cc2cc(OCC)ccc2[nH]c1=O. The zero-order valence-electron chi connectivity index (χ0n) is 19.9. The van der Waals surface area contributed by atoms with Crippen LogP contribution in [0.4, 0.5) is 0 Å². The number of carbonyl (C=O) groups excluding carboxylic acids is 1. The van der Waals surface area contributed by atoms with Crippen LogP contribution in [0.25, 0.3) is 10.9 Å². The first-order valence-electron chi connectivity index (χ1n) is 11.6. The summed E-state index contributed by atoms with van der Waals surface area (Å²) in [5.74, 6) is 0.808. The summed E-state index contributed by atoms with van der Waals surface area (Å²) in [5, 5.41) is 22.2. The predicted molar refractivity (Wildman–Crippen MR) is 125 cm³/mol. The largest absolute Gasteiger partial charge is 0.494 e. The number of esters is 1. The summed E-state index contributed by atoms with van der Waals surface area (Å²) in [5.41, 5.74) is 1.11. The molecule has 0 bridgehead atoms. The minimum absolute atomic E-state index is 0.00644. The Balaban J connectivity index is 1.93. The van der Waals surface area contributed by atoms with Gasteiger partial charge in [0.2, 0.25) is 0 Å². The van der Waals surface area contributed by atoms with E-state index in [0.29, 0.717) is 43.9 Å². The molecule has 0 saturated heterocycles. The zero-order valence-corrected chi connectivity index (χ0v) is 19.9. The molecule has 0 saturated carbocycles. The van der Waals surface area contributed by atoms with Crippen LogP contribution in [0, 0.1) is 0 Å². The Hall–Kier alpha value is -3.31. The molecule has 0 aliphatic heterocycles. The summed E-state index contributed by atoms with van der Waals surface area (Å²) in [6.45, 7) is 7.20. The number of pyridine rings is 1. The molecule has 1 unspecified atom stereocenters. The van der Waals surface area contributed by atoms with Gasteiger partial charge in [0.1, 0.15) is 12.3 Å². The molecule has 0 radical (unpaired) electrons. The van der Waals surface area contributed by atoms with Gasteiger partial charge in [0.15, 0.2) is 5.82 Å². The van der Waals surface area contributed by atoms with Gasteiger partial charge in [-0.05, 0) is 61.4 Å². The van der Waals surface area contributed by atoms with Gasteiger partial charge in [0, 0.05) is 36.2 Å². The van der Waals surface area contributed by atoms with Crippen molar-refractivity contribution in [2.24, 2.45) is 0 Å². The predicted octanol–water partition coefficient (Wildman–Crippen LogP) is 1.81. The molecule has 1 aromatic carbocycles. The van der Waals surface area contributed by atoms with Gasteiger partial charge in [-0.15, -0.1) is 5.10 Å². The molecule has 1 atom stereocenters. The van der Waals surface area contributed by atoms with Crippen molar-refractivity contribution in [2.45, 2.75) is 52.7 Å². The van der Waals surface area contributed by atoms with Crippen LogP contribution < -0.4 is 10.3 Å². The highest BCUT2D eigenvalue weighted by Crippen LogP contribution is 2.25. The van der Waals surface area contributed by atoms with Crippen molar-refractivity contribution < 1.29 is 19.4 Å². The number of fused-ring (bicyclic) bond motifs is 1. The Morgan fingerprint density at radius 2 is 2.06 bits per heavy atom. The van der Waals surface area contributed by atoms with E-state index in [0.717, 1.165) is 16.7 Å². The molecule has 0 aliphatic rings. The topological polar surface area (TPSA) is 135 Å². The molecule has 184 valence electrons. The Bertz CT molecular complexity index is 1140. The number of aliphatic hydroxyl groups excluding tert-OH is 1. The van der Waals surface area contributed by atoms with Crippen LogP contribution in [0.3, 0.4) is 0 Å². The number of aliphatic hydroxyl groups is 1. The lowest BCUT2D eigenvalue weighted by Gasteiger charge is -2.30. The monoisotopic (exact) mass is 472 g/mol. The van der Waals surface area contributed by atoms with Gasteiger partial charge in [0.25, 0.3) is 5.56 Å². The van der Waals surface area contributed by atoms with E-state index in [1.807, 2.05) is 43.0 Å². The normalized spacial score (nSPS) is 12.3. The van der Waals surface area contributed by atoms with Gasteiger partial charge in [-0.25, -0.2) is 4.68 Å². The molecule has 3 rings (SSSR count). The summed E-state index contributed by atoms with van der Waals surface area (Å²) in [7, 11) is 0. The summed E-state index contributed by atoms with van der Waals surface area (Å²) in [6.07, 6.45) is 1.14. The molecule has 0 amide bonds. The highest BCUT2D eigenvalue weighted by molar-refractivity contribution is 5.80. The first-order chi connectivity index (χ1) is 16.5. The van der Waals surface area contributed by atoms with Crippen molar-refractivity contribution in [3.8, 4) is 5.75 Å². The van der Waals surface area contributed by atoms with E-state index in [1.54, 1.807) is 6.92 Å². The standard InChI is InChI=1S/C23H32N6O5/c1-4-20(22-25-26-27-29(22)15-21(31)34-6-3)28(10-7-11-30)14-17-12-16-13-18(33-5-2)8-9-19(16)24-23(17)32/h8-9,12-13,20,30H,4-7,10-11,14-15H2,1-3H3,(H,24,32). The fraction of sp³-hybridized carbons (Fsp3) is 0.522. The van der Waals surface area contributed by atoms with E-state index in [-0.39, 0.29) is 31.4 Å². The molecule has 34 heavy (non-hydrogen) atoms. The van der Waals surface area contributed by atoms with Gasteiger partial charge >= 0.3 is 5.97 Å². The second-order valence-corrected chi connectivity index (χ2v) is 7.78. The third-order valence-electron chi connectivity index (χ3n) is 5.45. The van der Waals surface area contributed by atoms with Crippen molar-refractivity contribution in [3.05, 3.63) is 46.0 Å². The van der Waals surface area contributed by atoms with E-state index in [9.17, 15) is 14.7 Å². The van der Waals surface area contributed by atoms with Crippen molar-refractivity contribution in [1.82, 2.24) is 30.1 Å². The number of rotatable bonds is 13. The lowest BCUT2D eigenvalue weighted by molar-refractivity contribution is -0.144. The molecule has 0 aliphatic carbocycles. The fourth-order valence-corrected chi connectivity index (χ4v) is 3.94. The number of tetrazole rings is 1. The number of benzene rings is 1. The quantitative estimate of drug-likeness (QED) is 0.357. The van der Waals surface area contributed by atoms with Crippen LogP contribution in [-0.4, -0.2) is 67.5 Å². The highest BCUT2D eigenvalue weighted by Gasteiger charge is 2.26. The second kappa shape index (κ2) is 12.2. The van der Waals surface area contributed by atoms with Crippen LogP contribution in [0.5, 0.6) is 5.75 Å². The van der Waals surface area contributed by atoms with Gasteiger partial charge < -0.3 is 19.6 Å².